The number of nitro groups is 1. The van der Waals surface area contributed by atoms with Crippen LogP contribution in [0.4, 0.5) is 5.69 Å². The molecular weight excluding hydrogens is 499 g/mol. The fourth-order valence-corrected chi connectivity index (χ4v) is 7.13. The Morgan fingerprint density at radius 3 is 2.56 bits per heavy atom. The molecule has 0 aliphatic carbocycles. The van der Waals surface area contributed by atoms with Crippen molar-refractivity contribution >= 4 is 35.1 Å². The molecule has 1 aliphatic heterocycles. The Kier molecular flexibility index (Phi) is 9.21. The van der Waals surface area contributed by atoms with Gasteiger partial charge in [0.05, 0.1) is 0 Å². The van der Waals surface area contributed by atoms with E-state index in [0.29, 0.717) is 18.3 Å². The molecule has 2 aromatic carbocycles. The Morgan fingerprint density at radius 1 is 1.19 bits per heavy atom. The van der Waals surface area contributed by atoms with Crippen molar-refractivity contribution in [1.82, 2.24) is 4.72 Å². The molecule has 1 N–H and O–H groups in total. The zero-order valence-corrected chi connectivity index (χ0v) is 20.4. The SMILES string of the molecule is CC[C@H](NS(=O)(=O)c1ccccc1[N+](=O)[O-])[C@H](C[Se]c1ccccc1)O[C@@H]1CCCCO1. The van der Waals surface area contributed by atoms with Gasteiger partial charge in [-0.2, -0.15) is 0 Å². The number of nitro benzene ring substituents is 1. The quantitative estimate of drug-likeness (QED) is 0.274. The molecule has 1 aliphatic rings. The molecular formula is C22H28N2O6SSe. The van der Waals surface area contributed by atoms with Gasteiger partial charge in [0.25, 0.3) is 0 Å². The summed E-state index contributed by atoms with van der Waals surface area (Å²) in [7, 11) is -4.12. The van der Waals surface area contributed by atoms with Gasteiger partial charge in [0.2, 0.25) is 0 Å². The maximum atomic E-state index is 13.1. The molecule has 32 heavy (non-hydrogen) atoms. The van der Waals surface area contributed by atoms with E-state index in [0.717, 1.165) is 19.3 Å². The Morgan fingerprint density at radius 2 is 1.91 bits per heavy atom. The van der Waals surface area contributed by atoms with Gasteiger partial charge in [0, 0.05) is 0 Å². The van der Waals surface area contributed by atoms with Gasteiger partial charge in [-0.1, -0.05) is 0 Å². The van der Waals surface area contributed by atoms with Crippen LogP contribution in [0.2, 0.25) is 5.32 Å². The van der Waals surface area contributed by atoms with Crippen LogP contribution in [-0.2, 0) is 19.5 Å². The summed E-state index contributed by atoms with van der Waals surface area (Å²) in [6.45, 7) is 2.50. The van der Waals surface area contributed by atoms with E-state index in [4.69, 9.17) is 9.47 Å². The third-order valence-corrected chi connectivity index (χ3v) is 9.02. The van der Waals surface area contributed by atoms with Crippen LogP contribution in [0.3, 0.4) is 0 Å². The molecule has 1 fully saturated rings. The number of para-hydroxylation sites is 1. The molecule has 0 bridgehead atoms. The normalized spacial score (nSPS) is 18.7. The third-order valence-electron chi connectivity index (χ3n) is 5.17. The molecule has 0 unspecified atom stereocenters. The van der Waals surface area contributed by atoms with Crippen LogP contribution >= 0.6 is 0 Å². The van der Waals surface area contributed by atoms with Crippen molar-refractivity contribution < 1.29 is 22.8 Å². The molecule has 10 heteroatoms. The summed E-state index contributed by atoms with van der Waals surface area (Å²) in [5, 5.41) is 12.0. The van der Waals surface area contributed by atoms with Gasteiger partial charge in [-0.3, -0.25) is 0 Å². The van der Waals surface area contributed by atoms with Gasteiger partial charge < -0.3 is 0 Å². The molecule has 3 atom stereocenters. The Bertz CT molecular complexity index is 983. The summed E-state index contributed by atoms with van der Waals surface area (Å²) >= 11 is 0.0677. The van der Waals surface area contributed by atoms with E-state index < -0.39 is 32.8 Å². The number of ether oxygens (including phenoxy) is 2. The van der Waals surface area contributed by atoms with Gasteiger partial charge in [-0.15, -0.1) is 0 Å². The van der Waals surface area contributed by atoms with Crippen LogP contribution in [0.15, 0.2) is 59.5 Å². The molecule has 8 nitrogen and oxygen atoms in total. The van der Waals surface area contributed by atoms with Crippen molar-refractivity contribution in [2.75, 3.05) is 6.61 Å². The van der Waals surface area contributed by atoms with Crippen LogP contribution in [-0.4, -0.2) is 53.3 Å². The number of nitrogens with zero attached hydrogens (tertiary/aromatic N) is 1. The van der Waals surface area contributed by atoms with Crippen molar-refractivity contribution in [2.24, 2.45) is 0 Å². The number of benzene rings is 2. The van der Waals surface area contributed by atoms with Crippen LogP contribution in [0.5, 0.6) is 0 Å². The zero-order chi connectivity index (χ0) is 23.0. The minimum absolute atomic E-state index is 0.0677. The van der Waals surface area contributed by atoms with Crippen LogP contribution in [0, 0.1) is 10.1 Å². The first-order valence-corrected chi connectivity index (χ1v) is 14.2. The molecule has 0 amide bonds. The summed E-state index contributed by atoms with van der Waals surface area (Å²) in [5.41, 5.74) is -0.448. The summed E-state index contributed by atoms with van der Waals surface area (Å²) < 4.78 is 42.1. The fourth-order valence-electron chi connectivity index (χ4n) is 3.48. The second-order valence-corrected chi connectivity index (χ2v) is 11.4. The molecule has 1 heterocycles. The van der Waals surface area contributed by atoms with E-state index in [2.05, 4.69) is 4.72 Å². The third kappa shape index (κ3) is 6.84. The van der Waals surface area contributed by atoms with Crippen LogP contribution in [0.25, 0.3) is 0 Å². The zero-order valence-electron chi connectivity index (χ0n) is 17.9. The topological polar surface area (TPSA) is 108 Å². The Balaban J connectivity index is 1.81. The number of hydrogen-bond acceptors (Lipinski definition) is 6. The molecule has 0 radical (unpaired) electrons. The standard InChI is InChI=1S/C22H28N2O6SSe/c1-2-18(23-31(27,28)21-13-7-6-12-19(21)24(25)26)20(30-22-14-8-9-15-29-22)16-32-17-10-4-3-5-11-17/h3-7,10-13,18,20,22-23H,2,8-9,14-16H2,1H3/t18-,20-,22+/m0/s1. The summed E-state index contributed by atoms with van der Waals surface area (Å²) in [4.78, 5) is 10.3. The molecule has 0 aromatic heterocycles. The summed E-state index contributed by atoms with van der Waals surface area (Å²) in [6.07, 6.45) is 2.44. The average molecular weight is 528 g/mol. The van der Waals surface area contributed by atoms with Crippen molar-refractivity contribution in [3.05, 3.63) is 64.7 Å². The van der Waals surface area contributed by atoms with Gasteiger partial charge >= 0.3 is 195 Å². The Labute approximate surface area is 195 Å². The van der Waals surface area contributed by atoms with Crippen LogP contribution < -0.4 is 9.18 Å². The van der Waals surface area contributed by atoms with Gasteiger partial charge in [-0.25, -0.2) is 0 Å². The molecule has 2 aromatic rings. The summed E-state index contributed by atoms with van der Waals surface area (Å²) in [6, 6.07) is 14.8. The summed E-state index contributed by atoms with van der Waals surface area (Å²) in [5.74, 6) is 0. The fraction of sp³-hybridized carbons (Fsp3) is 0.455. The average Bonchev–Trinajstić information content (AvgIpc) is 2.81. The monoisotopic (exact) mass is 528 g/mol. The van der Waals surface area contributed by atoms with E-state index in [1.807, 2.05) is 37.3 Å². The van der Waals surface area contributed by atoms with Crippen molar-refractivity contribution in [1.29, 1.82) is 0 Å². The van der Waals surface area contributed by atoms with Gasteiger partial charge in [0.15, 0.2) is 0 Å². The van der Waals surface area contributed by atoms with Crippen LogP contribution in [0.1, 0.15) is 32.6 Å². The predicted octanol–water partition coefficient (Wildman–Crippen LogP) is 3.01. The van der Waals surface area contributed by atoms with Crippen molar-refractivity contribution in [2.45, 2.75) is 61.3 Å². The maximum absolute atomic E-state index is 13.1. The minimum atomic E-state index is -4.12. The number of nitrogens with one attached hydrogen (secondary N) is 1. The van der Waals surface area contributed by atoms with Gasteiger partial charge in [-0.05, 0) is 0 Å². The number of rotatable bonds is 11. The van der Waals surface area contributed by atoms with E-state index >= 15 is 0 Å². The van der Waals surface area contributed by atoms with Gasteiger partial charge in [0.1, 0.15) is 0 Å². The van der Waals surface area contributed by atoms with E-state index in [-0.39, 0.29) is 26.1 Å². The molecule has 3 rings (SSSR count). The van der Waals surface area contributed by atoms with E-state index in [1.165, 1.54) is 28.7 Å². The van der Waals surface area contributed by atoms with Crippen molar-refractivity contribution in [3.63, 3.8) is 0 Å². The molecule has 0 spiro atoms. The van der Waals surface area contributed by atoms with E-state index in [9.17, 15) is 18.5 Å². The van der Waals surface area contributed by atoms with E-state index in [1.54, 1.807) is 0 Å². The predicted molar refractivity (Wildman–Crippen MR) is 123 cm³/mol. The molecule has 0 saturated carbocycles. The number of hydrogen-bond donors (Lipinski definition) is 1. The first-order chi connectivity index (χ1) is 15.4. The molecule has 174 valence electrons. The molecule has 1 saturated heterocycles. The first-order valence-electron chi connectivity index (χ1n) is 10.6. The Hall–Kier alpha value is -1.81. The first kappa shape index (κ1) is 24.8. The van der Waals surface area contributed by atoms with Crippen molar-refractivity contribution in [3.8, 4) is 0 Å². The number of sulfonamides is 1. The second kappa shape index (κ2) is 11.9. The second-order valence-electron chi connectivity index (χ2n) is 7.46.